The van der Waals surface area contributed by atoms with Crippen molar-refractivity contribution < 1.29 is 29.9 Å². The summed E-state index contributed by atoms with van der Waals surface area (Å²) in [6.45, 7) is 3.24. The summed E-state index contributed by atoms with van der Waals surface area (Å²) in [5.41, 5.74) is 1.90. The summed E-state index contributed by atoms with van der Waals surface area (Å²) in [4.78, 5) is 0. The summed E-state index contributed by atoms with van der Waals surface area (Å²) in [6, 6.07) is 7.63. The van der Waals surface area contributed by atoms with Gasteiger partial charge in [-0.05, 0) is 11.5 Å². The Morgan fingerprint density at radius 1 is 1.09 bits per heavy atom. The molecule has 2 rings (SSSR count). The van der Waals surface area contributed by atoms with Crippen molar-refractivity contribution >= 4 is 0 Å². The van der Waals surface area contributed by atoms with Crippen LogP contribution in [0.15, 0.2) is 24.3 Å². The third kappa shape index (κ3) is 3.65. The van der Waals surface area contributed by atoms with Gasteiger partial charge < -0.3 is 29.9 Å². The lowest BCUT2D eigenvalue weighted by atomic mass is 9.99. The van der Waals surface area contributed by atoms with Gasteiger partial charge in [0, 0.05) is 5.56 Å². The first-order chi connectivity index (χ1) is 10.5. The largest absolute Gasteiger partial charge is 0.394 e. The molecule has 124 valence electrons. The molecule has 1 unspecified atom stereocenters. The molecule has 1 saturated heterocycles. The minimum Gasteiger partial charge on any atom is -0.394 e. The number of hydrogen-bond acceptors (Lipinski definition) is 6. The van der Waals surface area contributed by atoms with Gasteiger partial charge >= 0.3 is 0 Å². The Hall–Kier alpha value is -1.02. The molecule has 1 aliphatic heterocycles. The summed E-state index contributed by atoms with van der Waals surface area (Å²) in [6.07, 6.45) is -5.17. The van der Waals surface area contributed by atoms with E-state index in [1.807, 2.05) is 24.3 Å². The average molecular weight is 312 g/mol. The van der Waals surface area contributed by atoms with Crippen LogP contribution in [0.3, 0.4) is 0 Å². The summed E-state index contributed by atoms with van der Waals surface area (Å²) in [5, 5.41) is 38.2. The van der Waals surface area contributed by atoms with Crippen LogP contribution in [-0.4, -0.2) is 58.1 Å². The Bertz CT molecular complexity index is 460. The maximum absolute atomic E-state index is 10.0. The average Bonchev–Trinajstić information content (AvgIpc) is 2.54. The van der Waals surface area contributed by atoms with Crippen LogP contribution in [0.25, 0.3) is 0 Å². The van der Waals surface area contributed by atoms with Crippen LogP contribution in [-0.2, 0) is 9.47 Å². The molecule has 0 spiro atoms. The van der Waals surface area contributed by atoms with Crippen molar-refractivity contribution in [3.63, 3.8) is 0 Å². The fraction of sp³-hybridized carbons (Fsp3) is 0.625. The highest BCUT2D eigenvalue weighted by Gasteiger charge is 2.42. The number of aliphatic hydroxyl groups is 4. The quantitative estimate of drug-likeness (QED) is 0.624. The lowest BCUT2D eigenvalue weighted by molar-refractivity contribution is -0.310. The van der Waals surface area contributed by atoms with E-state index in [0.29, 0.717) is 5.92 Å². The number of aliphatic hydroxyl groups excluding tert-OH is 4. The summed E-state index contributed by atoms with van der Waals surface area (Å²) in [5.74, 6) is 0.401. The second kappa shape index (κ2) is 7.50. The summed E-state index contributed by atoms with van der Waals surface area (Å²) >= 11 is 0. The molecule has 0 aromatic heterocycles. The van der Waals surface area contributed by atoms with Crippen molar-refractivity contribution in [3.05, 3.63) is 35.4 Å². The van der Waals surface area contributed by atoms with E-state index in [9.17, 15) is 15.3 Å². The van der Waals surface area contributed by atoms with E-state index in [2.05, 4.69) is 13.8 Å². The predicted molar refractivity (Wildman–Crippen MR) is 79.2 cm³/mol. The monoisotopic (exact) mass is 312 g/mol. The van der Waals surface area contributed by atoms with Crippen molar-refractivity contribution in [2.24, 2.45) is 0 Å². The van der Waals surface area contributed by atoms with Crippen LogP contribution < -0.4 is 0 Å². The Morgan fingerprint density at radius 3 is 2.23 bits per heavy atom. The molecule has 22 heavy (non-hydrogen) atoms. The lowest BCUT2D eigenvalue weighted by Gasteiger charge is -2.40. The standard InChI is InChI=1S/C16H24O6/c1-9(2)10-3-5-11(6-4-10)16-21-13(8-18)14(20)15(22-16)12(19)7-17/h3-6,9,12-20H,7-8H2,1-2H3/t12-,13+,14-,15-,16?/m1/s1. The molecule has 1 aromatic carbocycles. The molecule has 1 aliphatic rings. The van der Waals surface area contributed by atoms with E-state index in [0.717, 1.165) is 5.56 Å². The first-order valence-corrected chi connectivity index (χ1v) is 7.46. The first-order valence-electron chi connectivity index (χ1n) is 7.46. The number of hydrogen-bond donors (Lipinski definition) is 4. The van der Waals surface area contributed by atoms with E-state index in [1.54, 1.807) is 0 Å². The highest BCUT2D eigenvalue weighted by Crippen LogP contribution is 2.32. The predicted octanol–water partition coefficient (Wildman–Crippen LogP) is 0.299. The molecular weight excluding hydrogens is 288 g/mol. The maximum atomic E-state index is 10.0. The van der Waals surface area contributed by atoms with Gasteiger partial charge in [0.2, 0.25) is 0 Å². The molecule has 0 aliphatic carbocycles. The minimum atomic E-state index is -1.25. The molecule has 1 heterocycles. The van der Waals surface area contributed by atoms with Gasteiger partial charge in [-0.25, -0.2) is 0 Å². The molecule has 6 nitrogen and oxygen atoms in total. The summed E-state index contributed by atoms with van der Waals surface area (Å²) < 4.78 is 11.1. The summed E-state index contributed by atoms with van der Waals surface area (Å²) in [7, 11) is 0. The van der Waals surface area contributed by atoms with Gasteiger partial charge in [-0.1, -0.05) is 38.1 Å². The Labute approximate surface area is 129 Å². The number of rotatable bonds is 5. The van der Waals surface area contributed by atoms with E-state index in [-0.39, 0.29) is 0 Å². The molecule has 0 amide bonds. The third-order valence-corrected chi connectivity index (χ3v) is 3.92. The maximum Gasteiger partial charge on any atom is 0.184 e. The molecule has 1 aromatic rings. The highest BCUT2D eigenvalue weighted by atomic mass is 16.7. The Morgan fingerprint density at radius 2 is 1.73 bits per heavy atom. The van der Waals surface area contributed by atoms with Crippen LogP contribution in [0.1, 0.15) is 37.2 Å². The molecular formula is C16H24O6. The van der Waals surface area contributed by atoms with E-state index in [1.165, 1.54) is 5.56 Å². The second-order valence-electron chi connectivity index (χ2n) is 5.85. The Kier molecular flexibility index (Phi) is 5.91. The van der Waals surface area contributed by atoms with Crippen molar-refractivity contribution in [1.29, 1.82) is 0 Å². The van der Waals surface area contributed by atoms with Crippen LogP contribution in [0.4, 0.5) is 0 Å². The van der Waals surface area contributed by atoms with E-state index < -0.39 is 43.9 Å². The first kappa shape index (κ1) is 17.3. The van der Waals surface area contributed by atoms with Gasteiger partial charge in [0.15, 0.2) is 6.29 Å². The lowest BCUT2D eigenvalue weighted by Crippen LogP contribution is -2.54. The van der Waals surface area contributed by atoms with Gasteiger partial charge in [0.05, 0.1) is 13.2 Å². The van der Waals surface area contributed by atoms with Crippen molar-refractivity contribution in [2.45, 2.75) is 50.5 Å². The molecule has 0 bridgehead atoms. The zero-order chi connectivity index (χ0) is 16.3. The van der Waals surface area contributed by atoms with E-state index >= 15 is 0 Å². The molecule has 5 atom stereocenters. The van der Waals surface area contributed by atoms with Crippen molar-refractivity contribution in [3.8, 4) is 0 Å². The highest BCUT2D eigenvalue weighted by molar-refractivity contribution is 5.25. The van der Waals surface area contributed by atoms with Crippen LogP contribution >= 0.6 is 0 Å². The normalized spacial score (nSPS) is 30.5. The molecule has 0 saturated carbocycles. The third-order valence-electron chi connectivity index (χ3n) is 3.92. The fourth-order valence-corrected chi connectivity index (χ4v) is 2.47. The topological polar surface area (TPSA) is 99.4 Å². The van der Waals surface area contributed by atoms with Gasteiger partial charge in [-0.3, -0.25) is 0 Å². The van der Waals surface area contributed by atoms with Crippen LogP contribution in [0.2, 0.25) is 0 Å². The molecule has 0 radical (unpaired) electrons. The molecule has 4 N–H and O–H groups in total. The van der Waals surface area contributed by atoms with Crippen LogP contribution in [0, 0.1) is 0 Å². The Balaban J connectivity index is 2.19. The minimum absolute atomic E-state index is 0.401. The van der Waals surface area contributed by atoms with Gasteiger partial charge in [-0.15, -0.1) is 0 Å². The van der Waals surface area contributed by atoms with Crippen LogP contribution in [0.5, 0.6) is 0 Å². The molecule has 6 heteroatoms. The molecule has 1 fully saturated rings. The number of ether oxygens (including phenoxy) is 2. The zero-order valence-corrected chi connectivity index (χ0v) is 12.8. The fourth-order valence-electron chi connectivity index (χ4n) is 2.47. The second-order valence-corrected chi connectivity index (χ2v) is 5.85. The smallest absolute Gasteiger partial charge is 0.184 e. The zero-order valence-electron chi connectivity index (χ0n) is 12.8. The van der Waals surface area contributed by atoms with Crippen molar-refractivity contribution in [2.75, 3.05) is 13.2 Å². The van der Waals surface area contributed by atoms with E-state index in [4.69, 9.17) is 14.6 Å². The van der Waals surface area contributed by atoms with Gasteiger partial charge in [0.25, 0.3) is 0 Å². The number of benzene rings is 1. The SMILES string of the molecule is CC(C)c1ccc(C2O[C@H]([C@H](O)CO)[C@H](O)[C@H](CO)O2)cc1. The van der Waals surface area contributed by atoms with Gasteiger partial charge in [-0.2, -0.15) is 0 Å². The van der Waals surface area contributed by atoms with Gasteiger partial charge in [0.1, 0.15) is 24.4 Å². The van der Waals surface area contributed by atoms with Crippen molar-refractivity contribution in [1.82, 2.24) is 0 Å².